The maximum atomic E-state index is 15.0. The van der Waals surface area contributed by atoms with E-state index in [4.69, 9.17) is 5.10 Å². The van der Waals surface area contributed by atoms with Crippen LogP contribution in [0.3, 0.4) is 0 Å². The number of halogens is 1. The lowest BCUT2D eigenvalue weighted by molar-refractivity contribution is -0.127. The Morgan fingerprint density at radius 3 is 2.44 bits per heavy atom. The first kappa shape index (κ1) is 24.2. The number of fused-ring (bicyclic) bond motifs is 1. The number of amides is 2. The highest BCUT2D eigenvalue weighted by Gasteiger charge is 2.50. The lowest BCUT2D eigenvalue weighted by Crippen LogP contribution is -2.65. The second-order valence-electron chi connectivity index (χ2n) is 10.2. The molecule has 0 bridgehead atoms. The second-order valence-corrected chi connectivity index (χ2v) is 10.2. The average Bonchev–Trinajstić information content (AvgIpc) is 3.13. The summed E-state index contributed by atoms with van der Waals surface area (Å²) in [6, 6.07) is 16.0. The van der Waals surface area contributed by atoms with Gasteiger partial charge in [0.15, 0.2) is 0 Å². The monoisotopic (exact) mass is 488 g/mol. The number of para-hydroxylation sites is 1. The minimum absolute atomic E-state index is 0.0565. The molecule has 1 aliphatic heterocycles. The van der Waals surface area contributed by atoms with E-state index in [1.165, 1.54) is 29.4 Å². The van der Waals surface area contributed by atoms with E-state index in [1.54, 1.807) is 35.9 Å². The zero-order valence-electron chi connectivity index (χ0n) is 21.0. The Hall–Kier alpha value is -3.48. The number of hydrogen-bond acceptors (Lipinski definition) is 3. The number of aromatic nitrogens is 2. The smallest absolute Gasteiger partial charge is 0.277 e. The first-order chi connectivity index (χ1) is 17.4. The van der Waals surface area contributed by atoms with E-state index in [0.29, 0.717) is 11.4 Å². The number of carbonyl (C=O) groups is 2. The molecule has 36 heavy (non-hydrogen) atoms. The van der Waals surface area contributed by atoms with Crippen LogP contribution in [0.4, 0.5) is 10.1 Å². The molecule has 7 heteroatoms. The van der Waals surface area contributed by atoms with Crippen LogP contribution in [-0.2, 0) is 17.8 Å². The van der Waals surface area contributed by atoms with Crippen LogP contribution in [0.25, 0.3) is 11.3 Å². The van der Waals surface area contributed by atoms with E-state index in [-0.39, 0.29) is 24.2 Å². The molecular formula is C29H33FN4O2. The molecule has 6 nitrogen and oxygen atoms in total. The van der Waals surface area contributed by atoms with Gasteiger partial charge in [-0.2, -0.15) is 5.10 Å². The summed E-state index contributed by atoms with van der Waals surface area (Å²) in [6.07, 6.45) is 7.25. The first-order valence-electron chi connectivity index (χ1n) is 13.0. The van der Waals surface area contributed by atoms with Crippen LogP contribution < -0.4 is 10.2 Å². The molecule has 3 aromatic rings. The molecule has 1 atom stereocenters. The Kier molecular flexibility index (Phi) is 6.65. The van der Waals surface area contributed by atoms with Gasteiger partial charge in [0.2, 0.25) is 5.91 Å². The molecule has 1 aromatic heterocycles. The van der Waals surface area contributed by atoms with Gasteiger partial charge in [0.05, 0.1) is 17.9 Å². The maximum Gasteiger partial charge on any atom is 0.277 e. The quantitative estimate of drug-likeness (QED) is 0.482. The van der Waals surface area contributed by atoms with Crippen molar-refractivity contribution in [3.8, 4) is 11.3 Å². The molecule has 1 aliphatic carbocycles. The van der Waals surface area contributed by atoms with Crippen molar-refractivity contribution >= 4 is 17.5 Å². The molecule has 2 heterocycles. The SMILES string of the molecule is CCc1ccc(-c2cc3n(n2)C[C@@](C)(C(=O)NC2CCCCCC2)N(c2ccccc2F)C3=O)cc1. The summed E-state index contributed by atoms with van der Waals surface area (Å²) in [4.78, 5) is 29.1. The van der Waals surface area contributed by atoms with Crippen molar-refractivity contribution in [3.63, 3.8) is 0 Å². The minimum atomic E-state index is -1.34. The van der Waals surface area contributed by atoms with E-state index in [9.17, 15) is 9.59 Å². The number of carbonyl (C=O) groups excluding carboxylic acids is 2. The standard InChI is InChI=1S/C29H33FN4O2/c1-3-20-14-16-21(17-15-20)24-18-26-27(35)34(25-13-9-8-12-23(25)30)29(2,19-33(26)32-24)28(36)31-22-10-6-4-5-7-11-22/h8-9,12-18,22H,3-7,10-11,19H2,1-2H3,(H,31,36)/t29-/m0/s1. The molecular weight excluding hydrogens is 455 g/mol. The molecule has 0 saturated heterocycles. The highest BCUT2D eigenvalue weighted by molar-refractivity contribution is 6.12. The lowest BCUT2D eigenvalue weighted by Gasteiger charge is -2.43. The normalized spacial score (nSPS) is 20.6. The third-order valence-corrected chi connectivity index (χ3v) is 7.58. The van der Waals surface area contributed by atoms with Gasteiger partial charge in [0.25, 0.3) is 5.91 Å². The predicted molar refractivity (Wildman–Crippen MR) is 138 cm³/mol. The van der Waals surface area contributed by atoms with Gasteiger partial charge in [-0.15, -0.1) is 0 Å². The van der Waals surface area contributed by atoms with Crippen molar-refractivity contribution in [1.82, 2.24) is 15.1 Å². The van der Waals surface area contributed by atoms with E-state index in [0.717, 1.165) is 37.7 Å². The number of benzene rings is 2. The predicted octanol–water partition coefficient (Wildman–Crippen LogP) is 5.51. The fourth-order valence-electron chi connectivity index (χ4n) is 5.41. The van der Waals surface area contributed by atoms with Crippen LogP contribution >= 0.6 is 0 Å². The molecule has 2 aromatic carbocycles. The molecule has 0 spiro atoms. The lowest BCUT2D eigenvalue weighted by atomic mass is 9.93. The number of hydrogen-bond donors (Lipinski definition) is 1. The third-order valence-electron chi connectivity index (χ3n) is 7.58. The molecule has 5 rings (SSSR count). The second kappa shape index (κ2) is 9.88. The Labute approximate surface area is 211 Å². The van der Waals surface area contributed by atoms with Crippen molar-refractivity contribution < 1.29 is 14.0 Å². The van der Waals surface area contributed by atoms with Gasteiger partial charge in [-0.1, -0.05) is 69.0 Å². The summed E-state index contributed by atoms with van der Waals surface area (Å²) >= 11 is 0. The molecule has 2 aliphatic rings. The Bertz CT molecular complexity index is 1260. The van der Waals surface area contributed by atoms with Crippen molar-refractivity contribution in [3.05, 3.63) is 71.7 Å². The van der Waals surface area contributed by atoms with Crippen LogP contribution in [0, 0.1) is 5.82 Å². The Morgan fingerprint density at radius 2 is 1.78 bits per heavy atom. The molecule has 1 fully saturated rings. The van der Waals surface area contributed by atoms with E-state index in [1.807, 2.05) is 24.3 Å². The summed E-state index contributed by atoms with van der Waals surface area (Å²) in [7, 11) is 0. The van der Waals surface area contributed by atoms with Crippen LogP contribution in [0.5, 0.6) is 0 Å². The van der Waals surface area contributed by atoms with Crippen LogP contribution in [0.1, 0.15) is 68.4 Å². The Balaban J connectivity index is 1.54. The topological polar surface area (TPSA) is 67.2 Å². The van der Waals surface area contributed by atoms with Gasteiger partial charge in [-0.25, -0.2) is 4.39 Å². The number of nitrogens with one attached hydrogen (secondary N) is 1. The van der Waals surface area contributed by atoms with Gasteiger partial charge >= 0.3 is 0 Å². The molecule has 188 valence electrons. The van der Waals surface area contributed by atoms with Crippen molar-refractivity contribution in [1.29, 1.82) is 0 Å². The fraction of sp³-hybridized carbons (Fsp3) is 0.414. The third kappa shape index (κ3) is 4.43. The molecule has 1 N–H and O–H groups in total. The zero-order chi connectivity index (χ0) is 25.3. The first-order valence-corrected chi connectivity index (χ1v) is 13.0. The van der Waals surface area contributed by atoms with E-state index in [2.05, 4.69) is 12.2 Å². The molecule has 2 amide bonds. The van der Waals surface area contributed by atoms with Crippen LogP contribution in [-0.4, -0.2) is 33.2 Å². The highest BCUT2D eigenvalue weighted by atomic mass is 19.1. The molecule has 0 unspecified atom stereocenters. The minimum Gasteiger partial charge on any atom is -0.351 e. The van der Waals surface area contributed by atoms with Gasteiger partial charge in [-0.05, 0) is 49.9 Å². The van der Waals surface area contributed by atoms with Gasteiger partial charge in [-0.3, -0.25) is 19.2 Å². The zero-order valence-corrected chi connectivity index (χ0v) is 21.0. The highest BCUT2D eigenvalue weighted by Crippen LogP contribution is 2.36. The fourth-order valence-corrected chi connectivity index (χ4v) is 5.41. The number of aryl methyl sites for hydroxylation is 1. The largest absolute Gasteiger partial charge is 0.351 e. The van der Waals surface area contributed by atoms with Crippen molar-refractivity contribution in [2.75, 3.05) is 4.90 Å². The Morgan fingerprint density at radius 1 is 1.08 bits per heavy atom. The van der Waals surface area contributed by atoms with Crippen LogP contribution in [0.2, 0.25) is 0 Å². The number of anilines is 1. The summed E-state index contributed by atoms with van der Waals surface area (Å²) < 4.78 is 16.6. The summed E-state index contributed by atoms with van der Waals surface area (Å²) in [6.45, 7) is 3.94. The maximum absolute atomic E-state index is 15.0. The summed E-state index contributed by atoms with van der Waals surface area (Å²) in [5.74, 6) is -1.25. The van der Waals surface area contributed by atoms with Crippen molar-refractivity contribution in [2.45, 2.75) is 76.9 Å². The number of rotatable bonds is 5. The number of nitrogens with zero attached hydrogens (tertiary/aromatic N) is 3. The van der Waals surface area contributed by atoms with Crippen molar-refractivity contribution in [2.24, 2.45) is 0 Å². The van der Waals surface area contributed by atoms with Crippen LogP contribution in [0.15, 0.2) is 54.6 Å². The molecule has 0 radical (unpaired) electrons. The summed E-state index contributed by atoms with van der Waals surface area (Å²) in [5.41, 5.74) is 1.86. The molecule has 1 saturated carbocycles. The summed E-state index contributed by atoms with van der Waals surface area (Å²) in [5, 5.41) is 7.91. The van der Waals surface area contributed by atoms with E-state index < -0.39 is 17.3 Å². The van der Waals surface area contributed by atoms with Gasteiger partial charge in [0.1, 0.15) is 17.1 Å². The van der Waals surface area contributed by atoms with Gasteiger partial charge < -0.3 is 5.32 Å². The van der Waals surface area contributed by atoms with E-state index >= 15 is 4.39 Å². The average molecular weight is 489 g/mol. The van der Waals surface area contributed by atoms with Gasteiger partial charge in [0, 0.05) is 11.6 Å².